The van der Waals surface area contributed by atoms with Crippen molar-refractivity contribution in [3.63, 3.8) is 0 Å². The summed E-state index contributed by atoms with van der Waals surface area (Å²) in [5.74, 6) is 0. The van der Waals surface area contributed by atoms with Crippen LogP contribution in [0.3, 0.4) is 0 Å². The van der Waals surface area contributed by atoms with E-state index in [0.29, 0.717) is 0 Å². The Hall–Kier alpha value is -0.510. The number of H-pyrrole nitrogens is 1. The molecule has 0 radical (unpaired) electrons. The summed E-state index contributed by atoms with van der Waals surface area (Å²) >= 11 is 2.39. The predicted molar refractivity (Wildman–Crippen MR) is 60.8 cm³/mol. The smallest absolute Gasteiger partial charge is 0.0486 e. The molecule has 0 saturated carbocycles. The highest BCUT2D eigenvalue weighted by Crippen LogP contribution is 2.22. The van der Waals surface area contributed by atoms with E-state index in [1.165, 1.54) is 22.0 Å². The SMILES string of the molecule is Cc1cccc2c(CI)c[nH]c12. The fourth-order valence-electron chi connectivity index (χ4n) is 1.47. The van der Waals surface area contributed by atoms with Gasteiger partial charge in [-0.25, -0.2) is 0 Å². The Morgan fingerprint density at radius 2 is 2.25 bits per heavy atom. The topological polar surface area (TPSA) is 15.8 Å². The molecule has 0 saturated heterocycles. The van der Waals surface area contributed by atoms with Crippen molar-refractivity contribution in [1.29, 1.82) is 0 Å². The van der Waals surface area contributed by atoms with Crippen molar-refractivity contribution in [2.75, 3.05) is 0 Å². The lowest BCUT2D eigenvalue weighted by molar-refractivity contribution is 1.39. The number of para-hydroxylation sites is 1. The van der Waals surface area contributed by atoms with Gasteiger partial charge in [0.25, 0.3) is 0 Å². The van der Waals surface area contributed by atoms with Gasteiger partial charge in [-0.1, -0.05) is 40.8 Å². The van der Waals surface area contributed by atoms with Gasteiger partial charge in [-0.05, 0) is 18.1 Å². The van der Waals surface area contributed by atoms with E-state index < -0.39 is 0 Å². The van der Waals surface area contributed by atoms with Crippen molar-refractivity contribution in [2.45, 2.75) is 11.4 Å². The summed E-state index contributed by atoms with van der Waals surface area (Å²) in [6, 6.07) is 6.42. The second-order valence-corrected chi connectivity index (χ2v) is 3.71. The van der Waals surface area contributed by atoms with E-state index in [0.717, 1.165) is 4.43 Å². The highest BCUT2D eigenvalue weighted by atomic mass is 127. The third kappa shape index (κ3) is 1.14. The molecule has 1 heterocycles. The number of aromatic nitrogens is 1. The van der Waals surface area contributed by atoms with E-state index in [1.54, 1.807) is 0 Å². The number of hydrogen-bond acceptors (Lipinski definition) is 0. The van der Waals surface area contributed by atoms with Gasteiger partial charge in [0.1, 0.15) is 0 Å². The van der Waals surface area contributed by atoms with Crippen LogP contribution < -0.4 is 0 Å². The minimum atomic E-state index is 1.07. The highest BCUT2D eigenvalue weighted by Gasteiger charge is 2.02. The van der Waals surface area contributed by atoms with Crippen LogP contribution in [0.1, 0.15) is 11.1 Å². The summed E-state index contributed by atoms with van der Waals surface area (Å²) in [5, 5.41) is 1.37. The summed E-state index contributed by atoms with van der Waals surface area (Å²) in [5.41, 5.74) is 4.00. The van der Waals surface area contributed by atoms with Crippen molar-refractivity contribution < 1.29 is 0 Å². The molecule has 0 spiro atoms. The van der Waals surface area contributed by atoms with E-state index in [-0.39, 0.29) is 0 Å². The number of halogens is 1. The molecule has 0 aliphatic rings. The molecular weight excluding hydrogens is 261 g/mol. The van der Waals surface area contributed by atoms with E-state index in [2.05, 4.69) is 58.9 Å². The molecular formula is C10H10IN. The zero-order valence-electron chi connectivity index (χ0n) is 6.89. The first-order chi connectivity index (χ1) is 5.83. The summed E-state index contributed by atoms with van der Waals surface area (Å²) in [7, 11) is 0. The molecule has 0 amide bonds. The molecule has 1 aromatic carbocycles. The normalized spacial score (nSPS) is 10.8. The second kappa shape index (κ2) is 3.09. The Morgan fingerprint density at radius 1 is 1.42 bits per heavy atom. The van der Waals surface area contributed by atoms with Gasteiger partial charge < -0.3 is 4.98 Å². The summed E-state index contributed by atoms with van der Waals surface area (Å²) in [4.78, 5) is 3.30. The Morgan fingerprint density at radius 3 is 3.00 bits per heavy atom. The predicted octanol–water partition coefficient (Wildman–Crippen LogP) is 3.41. The van der Waals surface area contributed by atoms with Crippen LogP contribution in [0.4, 0.5) is 0 Å². The molecule has 2 rings (SSSR count). The van der Waals surface area contributed by atoms with Gasteiger partial charge in [-0.15, -0.1) is 0 Å². The van der Waals surface area contributed by atoms with E-state index >= 15 is 0 Å². The molecule has 0 aliphatic carbocycles. The number of nitrogens with one attached hydrogen (secondary N) is 1. The first-order valence-corrected chi connectivity index (χ1v) is 5.47. The van der Waals surface area contributed by atoms with Crippen LogP contribution in [-0.2, 0) is 4.43 Å². The number of aromatic amines is 1. The molecule has 2 heteroatoms. The quantitative estimate of drug-likeness (QED) is 0.604. The van der Waals surface area contributed by atoms with Crippen LogP contribution in [0.25, 0.3) is 10.9 Å². The summed E-state index contributed by atoms with van der Waals surface area (Å²) in [6.45, 7) is 2.13. The largest absolute Gasteiger partial charge is 0.361 e. The van der Waals surface area contributed by atoms with Crippen LogP contribution in [-0.4, -0.2) is 4.98 Å². The Bertz CT molecular complexity index is 403. The second-order valence-electron chi connectivity index (χ2n) is 2.95. The molecule has 0 aliphatic heterocycles. The van der Waals surface area contributed by atoms with Crippen LogP contribution in [0.2, 0.25) is 0 Å². The van der Waals surface area contributed by atoms with Crippen molar-refractivity contribution in [3.8, 4) is 0 Å². The maximum atomic E-state index is 3.30. The van der Waals surface area contributed by atoms with E-state index in [4.69, 9.17) is 0 Å². The van der Waals surface area contributed by atoms with E-state index in [1.807, 2.05) is 0 Å². The third-order valence-corrected chi connectivity index (χ3v) is 2.98. The van der Waals surface area contributed by atoms with Crippen LogP contribution in [0.15, 0.2) is 24.4 Å². The molecule has 0 bridgehead atoms. The molecule has 12 heavy (non-hydrogen) atoms. The van der Waals surface area contributed by atoms with Crippen molar-refractivity contribution in [3.05, 3.63) is 35.5 Å². The van der Waals surface area contributed by atoms with Gasteiger partial charge in [-0.3, -0.25) is 0 Å². The van der Waals surface area contributed by atoms with Gasteiger partial charge in [0.05, 0.1) is 0 Å². The number of hydrogen-bond donors (Lipinski definition) is 1. The number of benzene rings is 1. The van der Waals surface area contributed by atoms with Crippen LogP contribution in [0, 0.1) is 6.92 Å². The van der Waals surface area contributed by atoms with Crippen molar-refractivity contribution >= 4 is 33.5 Å². The van der Waals surface area contributed by atoms with Gasteiger partial charge >= 0.3 is 0 Å². The summed E-state index contributed by atoms with van der Waals surface area (Å²) < 4.78 is 1.07. The number of aryl methyl sites for hydroxylation is 1. The van der Waals surface area contributed by atoms with Crippen LogP contribution >= 0.6 is 22.6 Å². The van der Waals surface area contributed by atoms with Gasteiger partial charge in [0.2, 0.25) is 0 Å². The molecule has 1 N–H and O–H groups in total. The minimum Gasteiger partial charge on any atom is -0.361 e. The number of fused-ring (bicyclic) bond motifs is 1. The molecule has 2 aromatic rings. The Kier molecular flexibility index (Phi) is 2.09. The Labute approximate surface area is 85.3 Å². The van der Waals surface area contributed by atoms with Gasteiger partial charge in [-0.2, -0.15) is 0 Å². The lowest BCUT2D eigenvalue weighted by Crippen LogP contribution is -1.75. The average molecular weight is 271 g/mol. The number of rotatable bonds is 1. The van der Waals surface area contributed by atoms with E-state index in [9.17, 15) is 0 Å². The van der Waals surface area contributed by atoms with Crippen molar-refractivity contribution in [2.24, 2.45) is 0 Å². The van der Waals surface area contributed by atoms with Gasteiger partial charge in [0.15, 0.2) is 0 Å². The van der Waals surface area contributed by atoms with Gasteiger partial charge in [0, 0.05) is 21.5 Å². The third-order valence-electron chi connectivity index (χ3n) is 2.15. The lowest BCUT2D eigenvalue weighted by atomic mass is 10.1. The highest BCUT2D eigenvalue weighted by molar-refractivity contribution is 14.1. The molecule has 62 valence electrons. The fraction of sp³-hybridized carbons (Fsp3) is 0.200. The van der Waals surface area contributed by atoms with Crippen LogP contribution in [0.5, 0.6) is 0 Å². The maximum absolute atomic E-state index is 3.30. The maximum Gasteiger partial charge on any atom is 0.0486 e. The fourth-order valence-corrected chi connectivity index (χ4v) is 2.11. The molecule has 0 unspecified atom stereocenters. The molecule has 0 atom stereocenters. The molecule has 1 aromatic heterocycles. The standard InChI is InChI=1S/C10H10IN/c1-7-3-2-4-9-8(5-11)6-12-10(7)9/h2-4,6,12H,5H2,1H3. The monoisotopic (exact) mass is 271 g/mol. The summed E-state index contributed by atoms with van der Waals surface area (Å²) in [6.07, 6.45) is 2.10. The molecule has 1 nitrogen and oxygen atoms in total. The Balaban J connectivity index is 2.80. The molecule has 0 fully saturated rings. The minimum absolute atomic E-state index is 1.07. The average Bonchev–Trinajstić information content (AvgIpc) is 2.49. The lowest BCUT2D eigenvalue weighted by Gasteiger charge is -1.95. The zero-order valence-corrected chi connectivity index (χ0v) is 9.05. The van der Waals surface area contributed by atoms with Crippen molar-refractivity contribution in [1.82, 2.24) is 4.98 Å². The number of alkyl halides is 1. The first kappa shape index (κ1) is 8.10. The zero-order chi connectivity index (χ0) is 8.55. The first-order valence-electron chi connectivity index (χ1n) is 3.94.